The first kappa shape index (κ1) is 22.7. The van der Waals surface area contributed by atoms with Crippen molar-refractivity contribution in [1.82, 2.24) is 4.57 Å². The predicted octanol–water partition coefficient (Wildman–Crippen LogP) is 3.68. The zero-order valence-electron chi connectivity index (χ0n) is 18.0. The Bertz CT molecular complexity index is 892. The summed E-state index contributed by atoms with van der Waals surface area (Å²) in [6.07, 6.45) is 5.61. The molecule has 0 aliphatic rings. The molecular formula is C23H32N2O4. The average molecular weight is 401 g/mol. The number of carbonyl (C=O) groups excluding carboxylic acids is 2. The Morgan fingerprint density at radius 1 is 1.10 bits per heavy atom. The third-order valence-corrected chi connectivity index (χ3v) is 5.64. The maximum atomic E-state index is 12.5. The van der Waals surface area contributed by atoms with Gasteiger partial charge in [0.05, 0.1) is 5.41 Å². The van der Waals surface area contributed by atoms with Crippen LogP contribution in [0, 0.1) is 10.8 Å². The summed E-state index contributed by atoms with van der Waals surface area (Å²) >= 11 is 0. The number of esters is 2. The number of hydrogen-bond acceptors (Lipinski definition) is 5. The van der Waals surface area contributed by atoms with Crippen LogP contribution in [0.1, 0.15) is 39.7 Å². The van der Waals surface area contributed by atoms with Gasteiger partial charge in [0.2, 0.25) is 0 Å². The largest absolute Gasteiger partial charge is 0.462 e. The molecule has 6 heteroatoms. The number of nitrogens with zero attached hydrogens (tertiary/aromatic N) is 1. The van der Waals surface area contributed by atoms with E-state index in [9.17, 15) is 9.59 Å². The van der Waals surface area contributed by atoms with Gasteiger partial charge in [0.1, 0.15) is 13.2 Å². The Balaban J connectivity index is 1.87. The second-order valence-electron chi connectivity index (χ2n) is 8.47. The quantitative estimate of drug-likeness (QED) is 0.415. The van der Waals surface area contributed by atoms with Crippen LogP contribution in [0.15, 0.2) is 36.5 Å². The van der Waals surface area contributed by atoms with E-state index in [-0.39, 0.29) is 24.6 Å². The fraction of sp³-hybridized carbons (Fsp3) is 0.478. The molecule has 0 aliphatic carbocycles. The minimum absolute atomic E-state index is 0.00724. The van der Waals surface area contributed by atoms with Crippen LogP contribution >= 0.6 is 0 Å². The Labute approximate surface area is 172 Å². The predicted molar refractivity (Wildman–Crippen MR) is 115 cm³/mol. The number of carbonyl (C=O) groups is 2. The van der Waals surface area contributed by atoms with Gasteiger partial charge >= 0.3 is 11.9 Å². The minimum Gasteiger partial charge on any atom is -0.462 e. The van der Waals surface area contributed by atoms with E-state index < -0.39 is 11.4 Å². The Kier molecular flexibility index (Phi) is 7.25. The number of aryl methyl sites for hydroxylation is 1. The van der Waals surface area contributed by atoms with E-state index in [1.54, 1.807) is 6.08 Å². The van der Waals surface area contributed by atoms with Gasteiger partial charge in [0, 0.05) is 35.8 Å². The highest BCUT2D eigenvalue weighted by molar-refractivity contribution is 5.94. The van der Waals surface area contributed by atoms with Crippen molar-refractivity contribution in [3.05, 3.63) is 42.1 Å². The molecule has 1 unspecified atom stereocenters. The molecule has 2 aromatic rings. The summed E-state index contributed by atoms with van der Waals surface area (Å²) in [5, 5.41) is 1.06. The summed E-state index contributed by atoms with van der Waals surface area (Å²) < 4.78 is 12.5. The van der Waals surface area contributed by atoms with Crippen LogP contribution in [0.3, 0.4) is 0 Å². The van der Waals surface area contributed by atoms with E-state index in [4.69, 9.17) is 15.2 Å². The summed E-state index contributed by atoms with van der Waals surface area (Å²) in [4.78, 5) is 24.5. The molecule has 0 spiro atoms. The number of nitrogens with two attached hydrogens (primary N) is 1. The molecule has 2 rings (SSSR count). The minimum atomic E-state index is -0.694. The van der Waals surface area contributed by atoms with Crippen LogP contribution in [0.2, 0.25) is 0 Å². The fourth-order valence-corrected chi connectivity index (χ4v) is 3.22. The molecule has 6 nitrogen and oxygen atoms in total. The summed E-state index contributed by atoms with van der Waals surface area (Å²) in [7, 11) is 1.96. The Morgan fingerprint density at radius 3 is 2.41 bits per heavy atom. The number of rotatable bonds is 8. The zero-order valence-corrected chi connectivity index (χ0v) is 18.0. The highest BCUT2D eigenvalue weighted by Gasteiger charge is 2.44. The SMILES string of the molecule is Cn1cc(/C=C/C(=O)OCCOC(=O)C(C)(CCN)C(C)(C)C)c2ccccc21. The van der Waals surface area contributed by atoms with Gasteiger partial charge in [-0.2, -0.15) is 0 Å². The Morgan fingerprint density at radius 2 is 1.76 bits per heavy atom. The molecule has 0 radical (unpaired) electrons. The Hall–Kier alpha value is -2.60. The van der Waals surface area contributed by atoms with Crippen molar-refractivity contribution < 1.29 is 19.1 Å². The first-order valence-electron chi connectivity index (χ1n) is 9.86. The average Bonchev–Trinajstić information content (AvgIpc) is 2.99. The van der Waals surface area contributed by atoms with Gasteiger partial charge in [-0.25, -0.2) is 4.79 Å². The van der Waals surface area contributed by atoms with Crippen LogP contribution in [0.5, 0.6) is 0 Å². The van der Waals surface area contributed by atoms with Crippen molar-refractivity contribution in [3.63, 3.8) is 0 Å². The van der Waals surface area contributed by atoms with Gasteiger partial charge in [-0.1, -0.05) is 39.0 Å². The molecule has 158 valence electrons. The number of benzene rings is 1. The lowest BCUT2D eigenvalue weighted by Crippen LogP contribution is -2.43. The van der Waals surface area contributed by atoms with Gasteiger partial charge in [0.15, 0.2) is 0 Å². The molecule has 0 saturated carbocycles. The number of ether oxygens (including phenoxy) is 2. The van der Waals surface area contributed by atoms with Crippen LogP contribution in [0.4, 0.5) is 0 Å². The fourth-order valence-electron chi connectivity index (χ4n) is 3.22. The van der Waals surface area contributed by atoms with E-state index in [1.807, 2.05) is 69.8 Å². The topological polar surface area (TPSA) is 83.5 Å². The summed E-state index contributed by atoms with van der Waals surface area (Å²) in [6, 6.07) is 7.97. The molecule has 0 saturated heterocycles. The third-order valence-electron chi connectivity index (χ3n) is 5.64. The molecule has 0 bridgehead atoms. The van der Waals surface area contributed by atoms with Gasteiger partial charge < -0.3 is 19.8 Å². The van der Waals surface area contributed by atoms with Gasteiger partial charge in [-0.3, -0.25) is 4.79 Å². The second kappa shape index (κ2) is 9.27. The molecule has 1 heterocycles. The van der Waals surface area contributed by atoms with Crippen molar-refractivity contribution >= 4 is 28.9 Å². The molecule has 0 aliphatic heterocycles. The first-order valence-corrected chi connectivity index (χ1v) is 9.86. The summed E-state index contributed by atoms with van der Waals surface area (Å²) in [5.41, 5.74) is 6.72. The molecule has 1 aromatic heterocycles. The monoisotopic (exact) mass is 400 g/mol. The van der Waals surface area contributed by atoms with Crippen molar-refractivity contribution in [3.8, 4) is 0 Å². The molecule has 1 atom stereocenters. The highest BCUT2D eigenvalue weighted by atomic mass is 16.6. The second-order valence-corrected chi connectivity index (χ2v) is 8.47. The lowest BCUT2D eigenvalue weighted by molar-refractivity contribution is -0.165. The number of fused-ring (bicyclic) bond motifs is 1. The maximum absolute atomic E-state index is 12.5. The third kappa shape index (κ3) is 5.26. The van der Waals surface area contributed by atoms with Crippen LogP contribution in [0.25, 0.3) is 17.0 Å². The van der Waals surface area contributed by atoms with Crippen LogP contribution in [-0.2, 0) is 26.1 Å². The van der Waals surface area contributed by atoms with E-state index >= 15 is 0 Å². The molecule has 1 aromatic carbocycles. The van der Waals surface area contributed by atoms with Crippen LogP contribution in [-0.4, -0.2) is 36.3 Å². The molecule has 0 fully saturated rings. The zero-order chi connectivity index (χ0) is 21.7. The number of aromatic nitrogens is 1. The summed E-state index contributed by atoms with van der Waals surface area (Å²) in [6.45, 7) is 8.25. The van der Waals surface area contributed by atoms with Gasteiger partial charge in [0.25, 0.3) is 0 Å². The molecule has 29 heavy (non-hydrogen) atoms. The normalized spacial score (nSPS) is 14.1. The smallest absolute Gasteiger partial charge is 0.330 e. The van der Waals surface area contributed by atoms with E-state index in [0.29, 0.717) is 13.0 Å². The molecular weight excluding hydrogens is 368 g/mol. The van der Waals surface area contributed by atoms with Gasteiger partial charge in [-0.15, -0.1) is 0 Å². The van der Waals surface area contributed by atoms with E-state index in [1.165, 1.54) is 6.08 Å². The van der Waals surface area contributed by atoms with Crippen LogP contribution < -0.4 is 5.73 Å². The van der Waals surface area contributed by atoms with Gasteiger partial charge in [-0.05, 0) is 37.4 Å². The van der Waals surface area contributed by atoms with Crippen molar-refractivity contribution in [2.45, 2.75) is 34.1 Å². The molecule has 2 N–H and O–H groups in total. The standard InChI is InChI=1S/C23H32N2O4/c1-22(2,3)23(4,12-13-24)21(27)29-15-14-28-20(26)11-10-17-16-25(5)19-9-7-6-8-18(17)19/h6-11,16H,12-15,24H2,1-5H3/b11-10+. The van der Waals surface area contributed by atoms with E-state index in [0.717, 1.165) is 16.5 Å². The maximum Gasteiger partial charge on any atom is 0.330 e. The first-order chi connectivity index (χ1) is 13.6. The number of para-hydroxylation sites is 1. The molecule has 0 amide bonds. The number of hydrogen-bond donors (Lipinski definition) is 1. The highest BCUT2D eigenvalue weighted by Crippen LogP contribution is 2.42. The van der Waals surface area contributed by atoms with E-state index in [2.05, 4.69) is 0 Å². The summed E-state index contributed by atoms with van der Waals surface area (Å²) in [5.74, 6) is -0.799. The van der Waals surface area contributed by atoms with Crippen molar-refractivity contribution in [2.24, 2.45) is 23.6 Å². The lowest BCUT2D eigenvalue weighted by atomic mass is 9.66. The lowest BCUT2D eigenvalue weighted by Gasteiger charge is -2.39. The van der Waals surface area contributed by atoms with Crippen molar-refractivity contribution in [2.75, 3.05) is 19.8 Å². The van der Waals surface area contributed by atoms with Crippen molar-refractivity contribution in [1.29, 1.82) is 0 Å².